The first-order valence-corrected chi connectivity index (χ1v) is 5.99. The molecule has 1 saturated heterocycles. The van der Waals surface area contributed by atoms with Gasteiger partial charge in [-0.25, -0.2) is 0 Å². The number of methoxy groups -OCH3 is 1. The number of halogens is 3. The van der Waals surface area contributed by atoms with Crippen molar-refractivity contribution in [3.8, 4) is 5.75 Å². The number of hydrogen-bond donors (Lipinski definition) is 1. The average molecular weight is 259 g/mol. The van der Waals surface area contributed by atoms with Crippen LogP contribution in [0.1, 0.15) is 29.9 Å². The highest BCUT2D eigenvalue weighted by Gasteiger charge is 2.37. The molecule has 5 heteroatoms. The van der Waals surface area contributed by atoms with Crippen molar-refractivity contribution in [3.05, 3.63) is 29.3 Å². The minimum atomic E-state index is -4.33. The normalized spacial score (nSPS) is 20.8. The van der Waals surface area contributed by atoms with Crippen LogP contribution in [0.25, 0.3) is 0 Å². The molecule has 0 radical (unpaired) electrons. The van der Waals surface area contributed by atoms with Crippen LogP contribution in [-0.4, -0.2) is 20.2 Å². The molecule has 0 amide bonds. The molecule has 1 fully saturated rings. The van der Waals surface area contributed by atoms with Crippen LogP contribution in [0.5, 0.6) is 5.75 Å². The highest BCUT2D eigenvalue weighted by molar-refractivity contribution is 5.44. The van der Waals surface area contributed by atoms with E-state index in [2.05, 4.69) is 5.32 Å². The van der Waals surface area contributed by atoms with Crippen LogP contribution in [0.3, 0.4) is 0 Å². The van der Waals surface area contributed by atoms with Gasteiger partial charge in [-0.05, 0) is 31.5 Å². The molecule has 1 aromatic rings. The maximum absolute atomic E-state index is 13.0. The lowest BCUT2D eigenvalue weighted by atomic mass is 9.87. The zero-order valence-corrected chi connectivity index (χ0v) is 10.2. The molecular weight excluding hydrogens is 243 g/mol. The summed E-state index contributed by atoms with van der Waals surface area (Å²) >= 11 is 0. The summed E-state index contributed by atoms with van der Waals surface area (Å²) < 4.78 is 44.2. The number of piperidine rings is 1. The van der Waals surface area contributed by atoms with E-state index in [1.807, 2.05) is 0 Å². The predicted octanol–water partition coefficient (Wildman–Crippen LogP) is 3.18. The smallest absolute Gasteiger partial charge is 0.416 e. The minimum Gasteiger partial charge on any atom is -0.496 e. The Kier molecular flexibility index (Phi) is 3.80. The van der Waals surface area contributed by atoms with Gasteiger partial charge in [-0.15, -0.1) is 0 Å². The molecule has 1 aromatic carbocycles. The van der Waals surface area contributed by atoms with Crippen LogP contribution in [0.15, 0.2) is 18.2 Å². The first-order chi connectivity index (χ1) is 8.54. The van der Waals surface area contributed by atoms with Crippen molar-refractivity contribution < 1.29 is 17.9 Å². The van der Waals surface area contributed by atoms with Crippen molar-refractivity contribution in [2.24, 2.45) is 0 Å². The molecule has 0 aromatic heterocycles. The van der Waals surface area contributed by atoms with Crippen molar-refractivity contribution in [1.82, 2.24) is 5.32 Å². The Morgan fingerprint density at radius 2 is 2.11 bits per heavy atom. The molecule has 18 heavy (non-hydrogen) atoms. The third-order valence-corrected chi connectivity index (χ3v) is 3.30. The molecule has 1 N–H and O–H groups in total. The Morgan fingerprint density at radius 1 is 1.33 bits per heavy atom. The molecule has 0 aliphatic carbocycles. The van der Waals surface area contributed by atoms with E-state index >= 15 is 0 Å². The van der Waals surface area contributed by atoms with E-state index in [1.54, 1.807) is 6.07 Å². The number of nitrogens with one attached hydrogen (secondary N) is 1. The third kappa shape index (κ3) is 2.61. The fraction of sp³-hybridized carbons (Fsp3) is 0.538. The van der Waals surface area contributed by atoms with Crippen LogP contribution >= 0.6 is 0 Å². The summed E-state index contributed by atoms with van der Waals surface area (Å²) in [4.78, 5) is 0. The van der Waals surface area contributed by atoms with Crippen LogP contribution < -0.4 is 10.1 Å². The van der Waals surface area contributed by atoms with E-state index in [-0.39, 0.29) is 5.92 Å². The zero-order chi connectivity index (χ0) is 13.2. The number of benzene rings is 1. The fourth-order valence-corrected chi connectivity index (χ4v) is 2.49. The van der Waals surface area contributed by atoms with Crippen LogP contribution in [-0.2, 0) is 6.18 Å². The van der Waals surface area contributed by atoms with Crippen LogP contribution in [0, 0.1) is 0 Å². The van der Waals surface area contributed by atoms with Crippen LogP contribution in [0.4, 0.5) is 13.2 Å². The van der Waals surface area contributed by atoms with Gasteiger partial charge in [-0.3, -0.25) is 0 Å². The summed E-state index contributed by atoms with van der Waals surface area (Å²) in [7, 11) is 1.41. The summed E-state index contributed by atoms with van der Waals surface area (Å²) in [5, 5.41) is 3.14. The molecule has 2 rings (SSSR count). The molecule has 1 aliphatic heterocycles. The Hall–Kier alpha value is -1.23. The standard InChI is InChI=1S/C13H16F3NO/c1-18-11-6-2-5-10(13(14,15)16)12(11)9-4-3-7-17-8-9/h2,5-6,9,17H,3-4,7-8H2,1H3. The summed E-state index contributed by atoms with van der Waals surface area (Å²) in [6.07, 6.45) is -2.68. The molecule has 1 unspecified atom stereocenters. The lowest BCUT2D eigenvalue weighted by molar-refractivity contribution is -0.138. The highest BCUT2D eigenvalue weighted by atomic mass is 19.4. The van der Waals surface area contributed by atoms with E-state index in [0.29, 0.717) is 17.9 Å². The molecule has 0 saturated carbocycles. The monoisotopic (exact) mass is 259 g/mol. The second-order valence-corrected chi connectivity index (χ2v) is 4.46. The fourth-order valence-electron chi connectivity index (χ4n) is 2.49. The van der Waals surface area contributed by atoms with Gasteiger partial charge in [0, 0.05) is 18.0 Å². The first-order valence-electron chi connectivity index (χ1n) is 5.99. The van der Waals surface area contributed by atoms with Crippen molar-refractivity contribution in [1.29, 1.82) is 0 Å². The van der Waals surface area contributed by atoms with Gasteiger partial charge >= 0.3 is 6.18 Å². The van der Waals surface area contributed by atoms with Gasteiger partial charge in [0.1, 0.15) is 5.75 Å². The van der Waals surface area contributed by atoms with E-state index in [4.69, 9.17) is 4.74 Å². The van der Waals surface area contributed by atoms with Crippen molar-refractivity contribution >= 4 is 0 Å². The molecule has 0 spiro atoms. The summed E-state index contributed by atoms with van der Waals surface area (Å²) in [6.45, 7) is 1.44. The summed E-state index contributed by atoms with van der Waals surface area (Å²) in [5.74, 6) is 0.199. The summed E-state index contributed by atoms with van der Waals surface area (Å²) in [6, 6.07) is 4.12. The topological polar surface area (TPSA) is 21.3 Å². The average Bonchev–Trinajstić information content (AvgIpc) is 2.38. The molecule has 2 nitrogen and oxygen atoms in total. The van der Waals surface area contributed by atoms with Crippen molar-refractivity contribution in [2.45, 2.75) is 24.9 Å². The molecule has 100 valence electrons. The Labute approximate surface area is 104 Å². The maximum atomic E-state index is 13.0. The first kappa shape index (κ1) is 13.2. The number of alkyl halides is 3. The van der Waals surface area contributed by atoms with Gasteiger partial charge in [-0.2, -0.15) is 13.2 Å². The van der Waals surface area contributed by atoms with Gasteiger partial charge in [0.25, 0.3) is 0 Å². The quantitative estimate of drug-likeness (QED) is 0.880. The Bertz CT molecular complexity index is 411. The van der Waals surface area contributed by atoms with Gasteiger partial charge in [0.2, 0.25) is 0 Å². The zero-order valence-electron chi connectivity index (χ0n) is 10.2. The minimum absolute atomic E-state index is 0.133. The largest absolute Gasteiger partial charge is 0.496 e. The van der Waals surface area contributed by atoms with Gasteiger partial charge < -0.3 is 10.1 Å². The highest BCUT2D eigenvalue weighted by Crippen LogP contribution is 2.41. The van der Waals surface area contributed by atoms with Crippen molar-refractivity contribution in [3.63, 3.8) is 0 Å². The number of rotatable bonds is 2. The molecular formula is C13H16F3NO. The van der Waals surface area contributed by atoms with E-state index in [9.17, 15) is 13.2 Å². The van der Waals surface area contributed by atoms with E-state index in [1.165, 1.54) is 13.2 Å². The lowest BCUT2D eigenvalue weighted by Crippen LogP contribution is -2.30. The number of hydrogen-bond acceptors (Lipinski definition) is 2. The molecule has 1 heterocycles. The van der Waals surface area contributed by atoms with Gasteiger partial charge in [-0.1, -0.05) is 6.07 Å². The molecule has 1 atom stereocenters. The maximum Gasteiger partial charge on any atom is 0.416 e. The van der Waals surface area contributed by atoms with E-state index in [0.717, 1.165) is 25.5 Å². The van der Waals surface area contributed by atoms with Gasteiger partial charge in [0.15, 0.2) is 0 Å². The lowest BCUT2D eigenvalue weighted by Gasteiger charge is -2.27. The van der Waals surface area contributed by atoms with Gasteiger partial charge in [0.05, 0.1) is 12.7 Å². The molecule has 1 aliphatic rings. The number of ether oxygens (including phenoxy) is 1. The third-order valence-electron chi connectivity index (χ3n) is 3.30. The molecule has 0 bridgehead atoms. The second kappa shape index (κ2) is 5.18. The predicted molar refractivity (Wildman–Crippen MR) is 62.8 cm³/mol. The Morgan fingerprint density at radius 3 is 2.67 bits per heavy atom. The summed E-state index contributed by atoms with van der Waals surface area (Å²) in [5.41, 5.74) is -0.282. The second-order valence-electron chi connectivity index (χ2n) is 4.46. The Balaban J connectivity index is 2.46. The van der Waals surface area contributed by atoms with E-state index < -0.39 is 11.7 Å². The SMILES string of the molecule is COc1cccc(C(F)(F)F)c1C1CCCNC1. The van der Waals surface area contributed by atoms with Crippen molar-refractivity contribution in [2.75, 3.05) is 20.2 Å². The van der Waals surface area contributed by atoms with Crippen LogP contribution in [0.2, 0.25) is 0 Å².